The number of benzene rings is 2. The second-order valence-corrected chi connectivity index (χ2v) is 8.36. The Labute approximate surface area is 155 Å². The Bertz CT molecular complexity index is 875. The molecule has 0 radical (unpaired) electrons. The fourth-order valence-corrected chi connectivity index (χ4v) is 5.06. The molecule has 2 heterocycles. The van der Waals surface area contributed by atoms with Crippen LogP contribution in [0.2, 0.25) is 0 Å². The molecule has 1 amide bonds. The van der Waals surface area contributed by atoms with Gasteiger partial charge in [-0.15, -0.1) is 23.1 Å². The summed E-state index contributed by atoms with van der Waals surface area (Å²) in [6.45, 7) is 1.86. The van der Waals surface area contributed by atoms with Crippen LogP contribution in [0.15, 0.2) is 53.4 Å². The minimum Gasteiger partial charge on any atom is -0.309 e. The van der Waals surface area contributed by atoms with Crippen LogP contribution in [0.5, 0.6) is 0 Å². The normalized spacial score (nSPS) is 14.1. The van der Waals surface area contributed by atoms with Gasteiger partial charge in [-0.05, 0) is 31.3 Å². The van der Waals surface area contributed by atoms with Gasteiger partial charge in [-0.3, -0.25) is 9.69 Å². The number of anilines is 1. The van der Waals surface area contributed by atoms with Crippen LogP contribution in [0.3, 0.4) is 0 Å². The summed E-state index contributed by atoms with van der Waals surface area (Å²) >= 11 is 3.51. The SMILES string of the molecule is CN(CC(=O)N1CCSc2ccccc21)Cc1nc2ccccc2s1. The lowest BCUT2D eigenvalue weighted by molar-refractivity contribution is -0.119. The second-order valence-electron chi connectivity index (χ2n) is 6.11. The van der Waals surface area contributed by atoms with E-state index < -0.39 is 0 Å². The minimum atomic E-state index is 0.149. The molecule has 0 atom stereocenters. The number of fused-ring (bicyclic) bond motifs is 2. The molecule has 1 aliphatic rings. The number of thioether (sulfide) groups is 1. The summed E-state index contributed by atoms with van der Waals surface area (Å²) in [6.07, 6.45) is 0. The monoisotopic (exact) mass is 369 g/mol. The first-order valence-electron chi connectivity index (χ1n) is 8.26. The number of amides is 1. The smallest absolute Gasteiger partial charge is 0.241 e. The van der Waals surface area contributed by atoms with Crippen molar-refractivity contribution in [2.75, 3.05) is 30.8 Å². The van der Waals surface area contributed by atoms with Crippen molar-refractivity contribution in [3.05, 3.63) is 53.5 Å². The van der Waals surface area contributed by atoms with E-state index in [0.717, 1.165) is 28.5 Å². The van der Waals surface area contributed by atoms with Gasteiger partial charge in [-0.1, -0.05) is 24.3 Å². The molecule has 0 spiro atoms. The van der Waals surface area contributed by atoms with E-state index in [2.05, 4.69) is 17.1 Å². The summed E-state index contributed by atoms with van der Waals surface area (Å²) in [5.41, 5.74) is 2.07. The number of hydrogen-bond acceptors (Lipinski definition) is 5. The number of thiazole rings is 1. The van der Waals surface area contributed by atoms with Gasteiger partial charge in [-0.2, -0.15) is 0 Å². The molecule has 3 aromatic rings. The highest BCUT2D eigenvalue weighted by Crippen LogP contribution is 2.34. The average Bonchev–Trinajstić information content (AvgIpc) is 3.03. The molecular formula is C19H19N3OS2. The molecule has 2 aromatic carbocycles. The van der Waals surface area contributed by atoms with Crippen LogP contribution in [-0.4, -0.2) is 41.7 Å². The van der Waals surface area contributed by atoms with E-state index >= 15 is 0 Å². The number of para-hydroxylation sites is 2. The van der Waals surface area contributed by atoms with Crippen LogP contribution < -0.4 is 4.90 Å². The molecule has 0 fully saturated rings. The summed E-state index contributed by atoms with van der Waals surface area (Å²) in [7, 11) is 1.98. The third-order valence-corrected chi connectivity index (χ3v) is 6.24. The lowest BCUT2D eigenvalue weighted by Gasteiger charge is -2.30. The molecule has 0 aliphatic carbocycles. The second kappa shape index (κ2) is 7.15. The highest BCUT2D eigenvalue weighted by Gasteiger charge is 2.23. The van der Waals surface area contributed by atoms with Crippen molar-refractivity contribution in [2.24, 2.45) is 0 Å². The predicted octanol–water partition coefficient (Wildman–Crippen LogP) is 3.87. The van der Waals surface area contributed by atoms with E-state index in [1.54, 1.807) is 11.3 Å². The third kappa shape index (κ3) is 3.56. The molecule has 1 aromatic heterocycles. The topological polar surface area (TPSA) is 36.4 Å². The first kappa shape index (κ1) is 16.6. The van der Waals surface area contributed by atoms with E-state index in [1.807, 2.05) is 65.0 Å². The van der Waals surface area contributed by atoms with Crippen LogP contribution in [0.4, 0.5) is 5.69 Å². The standard InChI is InChI=1S/C19H19N3OS2/c1-21(12-18-20-14-6-2-4-8-16(14)25-18)13-19(23)22-10-11-24-17-9-5-3-7-15(17)22/h2-9H,10-13H2,1H3. The van der Waals surface area contributed by atoms with Crippen molar-refractivity contribution in [1.29, 1.82) is 0 Å². The molecule has 0 unspecified atom stereocenters. The van der Waals surface area contributed by atoms with Crippen molar-refractivity contribution in [3.63, 3.8) is 0 Å². The average molecular weight is 370 g/mol. The van der Waals surface area contributed by atoms with Crippen LogP contribution in [0.25, 0.3) is 10.2 Å². The molecule has 0 saturated carbocycles. The number of carbonyl (C=O) groups excluding carboxylic acids is 1. The van der Waals surface area contributed by atoms with E-state index in [4.69, 9.17) is 0 Å². The van der Waals surface area contributed by atoms with Crippen LogP contribution in [0.1, 0.15) is 5.01 Å². The summed E-state index contributed by atoms with van der Waals surface area (Å²) in [4.78, 5) is 22.6. The molecule has 128 valence electrons. The van der Waals surface area contributed by atoms with Crippen LogP contribution in [0, 0.1) is 0 Å². The summed E-state index contributed by atoms with van der Waals surface area (Å²) in [5.74, 6) is 1.10. The molecule has 0 bridgehead atoms. The quantitative estimate of drug-likeness (QED) is 0.700. The third-order valence-electron chi connectivity index (χ3n) is 4.18. The van der Waals surface area contributed by atoms with E-state index in [-0.39, 0.29) is 5.91 Å². The maximum absolute atomic E-state index is 12.8. The predicted molar refractivity (Wildman–Crippen MR) is 105 cm³/mol. The van der Waals surface area contributed by atoms with Crippen LogP contribution >= 0.6 is 23.1 Å². The highest BCUT2D eigenvalue weighted by molar-refractivity contribution is 7.99. The van der Waals surface area contributed by atoms with E-state index in [1.165, 1.54) is 9.60 Å². The highest BCUT2D eigenvalue weighted by atomic mass is 32.2. The van der Waals surface area contributed by atoms with Gasteiger partial charge in [0.25, 0.3) is 0 Å². The zero-order chi connectivity index (χ0) is 17.2. The van der Waals surface area contributed by atoms with Crippen molar-refractivity contribution < 1.29 is 4.79 Å². The molecule has 6 heteroatoms. The molecule has 4 rings (SSSR count). The fraction of sp³-hybridized carbons (Fsp3) is 0.263. The molecule has 25 heavy (non-hydrogen) atoms. The summed E-state index contributed by atoms with van der Waals surface area (Å²) < 4.78 is 1.19. The number of aromatic nitrogens is 1. The van der Waals surface area contributed by atoms with Crippen molar-refractivity contribution >= 4 is 44.9 Å². The molecular weight excluding hydrogens is 350 g/mol. The van der Waals surface area contributed by atoms with E-state index in [9.17, 15) is 4.79 Å². The fourth-order valence-electron chi connectivity index (χ4n) is 3.02. The lowest BCUT2D eigenvalue weighted by atomic mass is 10.2. The maximum Gasteiger partial charge on any atom is 0.241 e. The molecule has 0 saturated heterocycles. The molecule has 4 nitrogen and oxygen atoms in total. The first-order valence-corrected chi connectivity index (χ1v) is 10.1. The van der Waals surface area contributed by atoms with Gasteiger partial charge < -0.3 is 4.90 Å². The number of carbonyl (C=O) groups is 1. The van der Waals surface area contributed by atoms with Gasteiger partial charge >= 0.3 is 0 Å². The largest absolute Gasteiger partial charge is 0.309 e. The minimum absolute atomic E-state index is 0.149. The van der Waals surface area contributed by atoms with Gasteiger partial charge in [0.15, 0.2) is 0 Å². The van der Waals surface area contributed by atoms with Crippen molar-refractivity contribution in [1.82, 2.24) is 9.88 Å². The van der Waals surface area contributed by atoms with Gasteiger partial charge in [0.2, 0.25) is 5.91 Å². The lowest BCUT2D eigenvalue weighted by Crippen LogP contribution is -2.41. The van der Waals surface area contributed by atoms with Gasteiger partial charge in [0.1, 0.15) is 5.01 Å². The van der Waals surface area contributed by atoms with Crippen molar-refractivity contribution in [2.45, 2.75) is 11.4 Å². The Hall–Kier alpha value is -1.89. The van der Waals surface area contributed by atoms with Crippen molar-refractivity contribution in [3.8, 4) is 0 Å². The number of hydrogen-bond donors (Lipinski definition) is 0. The zero-order valence-electron chi connectivity index (χ0n) is 14.0. The number of likely N-dealkylation sites (N-methyl/N-ethyl adjacent to an activating group) is 1. The van der Waals surface area contributed by atoms with E-state index in [0.29, 0.717) is 13.1 Å². The number of nitrogens with zero attached hydrogens (tertiary/aromatic N) is 3. The van der Waals surface area contributed by atoms with Gasteiger partial charge in [0, 0.05) is 17.2 Å². The Morgan fingerprint density at radius 3 is 2.88 bits per heavy atom. The van der Waals surface area contributed by atoms with Crippen LogP contribution in [-0.2, 0) is 11.3 Å². The van der Waals surface area contributed by atoms with Gasteiger partial charge in [-0.25, -0.2) is 4.98 Å². The Morgan fingerprint density at radius 2 is 2.00 bits per heavy atom. The maximum atomic E-state index is 12.8. The number of rotatable bonds is 4. The molecule has 0 N–H and O–H groups in total. The summed E-state index contributed by atoms with van der Waals surface area (Å²) in [6, 6.07) is 16.3. The Kier molecular flexibility index (Phi) is 4.74. The summed E-state index contributed by atoms with van der Waals surface area (Å²) in [5, 5.41) is 1.05. The Morgan fingerprint density at radius 1 is 1.20 bits per heavy atom. The van der Waals surface area contributed by atoms with Gasteiger partial charge in [0.05, 0.1) is 29.0 Å². The zero-order valence-corrected chi connectivity index (χ0v) is 15.6. The Balaban J connectivity index is 1.44. The molecule has 1 aliphatic heterocycles. The first-order chi connectivity index (χ1) is 12.2.